The summed E-state index contributed by atoms with van der Waals surface area (Å²) in [6.07, 6.45) is 0.841. The van der Waals surface area contributed by atoms with Gasteiger partial charge in [-0.05, 0) is 30.4 Å². The topological polar surface area (TPSA) is 35.6 Å². The highest BCUT2D eigenvalue weighted by atomic mass is 35.5. The molecule has 1 aliphatic rings. The van der Waals surface area contributed by atoms with Crippen LogP contribution in [0.15, 0.2) is 18.2 Å². The number of carbonyl (C=O) groups excluding carboxylic acids is 1. The van der Waals surface area contributed by atoms with Gasteiger partial charge in [-0.25, -0.2) is 4.39 Å². The lowest BCUT2D eigenvalue weighted by atomic mass is 10.3. The van der Waals surface area contributed by atoms with Crippen LogP contribution in [0.4, 0.5) is 10.1 Å². The summed E-state index contributed by atoms with van der Waals surface area (Å²) in [6, 6.07) is 4.36. The first kappa shape index (κ1) is 14.0. The number of benzene rings is 1. The van der Waals surface area contributed by atoms with E-state index in [1.54, 1.807) is 11.0 Å². The minimum absolute atomic E-state index is 0.0542. The van der Waals surface area contributed by atoms with Crippen LogP contribution in [0.5, 0.6) is 0 Å². The number of thiocarbonyl (C=S) groups is 1. The van der Waals surface area contributed by atoms with Gasteiger partial charge in [0.1, 0.15) is 5.82 Å². The third kappa shape index (κ3) is 3.54. The molecule has 7 heteroatoms. The highest BCUT2D eigenvalue weighted by Gasteiger charge is 2.17. The van der Waals surface area contributed by atoms with E-state index in [2.05, 4.69) is 5.32 Å². The first-order valence-corrected chi connectivity index (χ1v) is 6.59. The van der Waals surface area contributed by atoms with Gasteiger partial charge in [-0.3, -0.25) is 4.79 Å². The van der Waals surface area contributed by atoms with Crippen molar-refractivity contribution < 1.29 is 9.18 Å². The molecule has 0 unspecified atom stereocenters. The Morgan fingerprint density at radius 2 is 2.05 bits per heavy atom. The monoisotopic (exact) mass is 301 g/mol. The van der Waals surface area contributed by atoms with Gasteiger partial charge in [-0.15, -0.1) is 0 Å². The molecule has 1 saturated heterocycles. The molecule has 19 heavy (non-hydrogen) atoms. The number of anilines is 1. The fourth-order valence-corrected chi connectivity index (χ4v) is 2.29. The third-order valence-electron chi connectivity index (χ3n) is 2.92. The molecule has 1 N–H and O–H groups in total. The molecule has 0 atom stereocenters. The summed E-state index contributed by atoms with van der Waals surface area (Å²) < 4.78 is 13.0. The Balaban J connectivity index is 1.94. The number of hydrogen-bond acceptors (Lipinski definition) is 2. The van der Waals surface area contributed by atoms with E-state index in [9.17, 15) is 9.18 Å². The van der Waals surface area contributed by atoms with E-state index in [-0.39, 0.29) is 5.02 Å². The van der Waals surface area contributed by atoms with Gasteiger partial charge in [0.25, 0.3) is 0 Å². The Kier molecular flexibility index (Phi) is 4.55. The van der Waals surface area contributed by atoms with E-state index >= 15 is 0 Å². The number of amides is 1. The zero-order valence-electron chi connectivity index (χ0n) is 10.1. The van der Waals surface area contributed by atoms with Gasteiger partial charge in [0.05, 0.1) is 5.02 Å². The van der Waals surface area contributed by atoms with Crippen LogP contribution < -0.4 is 5.32 Å². The molecule has 1 heterocycles. The second-order valence-electron chi connectivity index (χ2n) is 4.19. The first-order chi connectivity index (χ1) is 9.10. The smallest absolute Gasteiger partial charge is 0.209 e. The maximum atomic E-state index is 13.0. The quantitative estimate of drug-likeness (QED) is 0.669. The molecule has 1 aromatic rings. The molecule has 1 aliphatic heterocycles. The maximum Gasteiger partial charge on any atom is 0.209 e. The van der Waals surface area contributed by atoms with E-state index in [1.165, 1.54) is 12.1 Å². The Morgan fingerprint density at radius 3 is 2.63 bits per heavy atom. The molecule has 0 spiro atoms. The van der Waals surface area contributed by atoms with Crippen LogP contribution in [-0.4, -0.2) is 47.5 Å². The normalized spacial score (nSPS) is 15.3. The lowest BCUT2D eigenvalue weighted by Gasteiger charge is -2.34. The number of piperazine rings is 1. The van der Waals surface area contributed by atoms with Crippen molar-refractivity contribution >= 4 is 41.0 Å². The fraction of sp³-hybridized carbons (Fsp3) is 0.333. The highest BCUT2D eigenvalue weighted by molar-refractivity contribution is 7.80. The Hall–Kier alpha value is -1.40. The van der Waals surface area contributed by atoms with Crippen LogP contribution in [0.3, 0.4) is 0 Å². The molecular weight excluding hydrogens is 289 g/mol. The molecule has 0 saturated carbocycles. The van der Waals surface area contributed by atoms with Gasteiger partial charge in [-0.1, -0.05) is 11.6 Å². The van der Waals surface area contributed by atoms with Gasteiger partial charge in [0.15, 0.2) is 5.11 Å². The number of halogens is 2. The molecule has 0 aromatic heterocycles. The summed E-state index contributed by atoms with van der Waals surface area (Å²) in [5.74, 6) is -0.460. The van der Waals surface area contributed by atoms with Gasteiger partial charge in [-0.2, -0.15) is 0 Å². The number of hydrogen-bond donors (Lipinski definition) is 1. The summed E-state index contributed by atoms with van der Waals surface area (Å²) in [5, 5.41) is 3.62. The van der Waals surface area contributed by atoms with E-state index in [0.717, 1.165) is 6.41 Å². The van der Waals surface area contributed by atoms with Crippen molar-refractivity contribution in [1.82, 2.24) is 9.80 Å². The summed E-state index contributed by atoms with van der Waals surface area (Å²) in [7, 11) is 0. The Bertz CT molecular complexity index is 492. The second-order valence-corrected chi connectivity index (χ2v) is 4.98. The van der Waals surface area contributed by atoms with Crippen LogP contribution in [-0.2, 0) is 4.79 Å². The Morgan fingerprint density at radius 1 is 1.37 bits per heavy atom. The SMILES string of the molecule is O=CN1CCN(C(=S)Nc2ccc(F)c(Cl)c2)CC1. The lowest BCUT2D eigenvalue weighted by molar-refractivity contribution is -0.119. The average Bonchev–Trinajstić information content (AvgIpc) is 2.43. The predicted octanol–water partition coefficient (Wildman–Crippen LogP) is 1.95. The predicted molar refractivity (Wildman–Crippen MR) is 76.8 cm³/mol. The summed E-state index contributed by atoms with van der Waals surface area (Å²) in [4.78, 5) is 14.3. The number of nitrogens with zero attached hydrogens (tertiary/aromatic N) is 2. The summed E-state index contributed by atoms with van der Waals surface area (Å²) in [5.41, 5.74) is 0.647. The zero-order valence-corrected chi connectivity index (χ0v) is 11.7. The van der Waals surface area contributed by atoms with Crippen LogP contribution in [0.25, 0.3) is 0 Å². The third-order valence-corrected chi connectivity index (χ3v) is 3.57. The van der Waals surface area contributed by atoms with Crippen LogP contribution in [0.2, 0.25) is 5.02 Å². The van der Waals surface area contributed by atoms with E-state index < -0.39 is 5.82 Å². The second kappa shape index (κ2) is 6.16. The van der Waals surface area contributed by atoms with Crippen molar-refractivity contribution in [1.29, 1.82) is 0 Å². The van der Waals surface area contributed by atoms with E-state index in [1.807, 2.05) is 4.90 Å². The van der Waals surface area contributed by atoms with Crippen molar-refractivity contribution in [3.63, 3.8) is 0 Å². The Labute approximate surface area is 121 Å². The number of carbonyl (C=O) groups is 1. The van der Waals surface area contributed by atoms with Crippen molar-refractivity contribution in [2.24, 2.45) is 0 Å². The van der Waals surface area contributed by atoms with Crippen LogP contribution >= 0.6 is 23.8 Å². The minimum Gasteiger partial charge on any atom is -0.345 e. The van der Waals surface area contributed by atoms with Crippen molar-refractivity contribution in [3.05, 3.63) is 29.0 Å². The van der Waals surface area contributed by atoms with Gasteiger partial charge in [0, 0.05) is 31.9 Å². The molecule has 0 bridgehead atoms. The molecule has 1 fully saturated rings. The maximum absolute atomic E-state index is 13.0. The van der Waals surface area contributed by atoms with Gasteiger partial charge in [0.2, 0.25) is 6.41 Å². The van der Waals surface area contributed by atoms with Crippen molar-refractivity contribution in [2.45, 2.75) is 0 Å². The lowest BCUT2D eigenvalue weighted by Crippen LogP contribution is -2.49. The molecule has 1 aromatic carbocycles. The summed E-state index contributed by atoms with van der Waals surface area (Å²) >= 11 is 11.0. The molecule has 0 radical (unpaired) electrons. The molecule has 0 aliphatic carbocycles. The summed E-state index contributed by atoms with van der Waals surface area (Å²) in [6.45, 7) is 2.66. The molecular formula is C12H13ClFN3OS. The van der Waals surface area contributed by atoms with Crippen LogP contribution in [0, 0.1) is 5.82 Å². The standard InChI is InChI=1S/C12H13ClFN3OS/c13-10-7-9(1-2-11(10)14)15-12(19)17-5-3-16(8-18)4-6-17/h1-2,7-8H,3-6H2,(H,15,19). The largest absolute Gasteiger partial charge is 0.345 e. The molecule has 1 amide bonds. The van der Waals surface area contributed by atoms with Gasteiger partial charge >= 0.3 is 0 Å². The van der Waals surface area contributed by atoms with Gasteiger partial charge < -0.3 is 15.1 Å². The fourth-order valence-electron chi connectivity index (χ4n) is 1.81. The van der Waals surface area contributed by atoms with Crippen LogP contribution in [0.1, 0.15) is 0 Å². The number of rotatable bonds is 2. The average molecular weight is 302 g/mol. The minimum atomic E-state index is -0.460. The van der Waals surface area contributed by atoms with Crippen molar-refractivity contribution in [2.75, 3.05) is 31.5 Å². The highest BCUT2D eigenvalue weighted by Crippen LogP contribution is 2.19. The number of nitrogens with one attached hydrogen (secondary N) is 1. The zero-order chi connectivity index (χ0) is 13.8. The first-order valence-electron chi connectivity index (χ1n) is 5.80. The van der Waals surface area contributed by atoms with Crippen molar-refractivity contribution in [3.8, 4) is 0 Å². The van der Waals surface area contributed by atoms with E-state index in [4.69, 9.17) is 23.8 Å². The molecule has 102 valence electrons. The van der Waals surface area contributed by atoms with E-state index in [0.29, 0.717) is 37.0 Å². The molecule has 4 nitrogen and oxygen atoms in total. The molecule has 2 rings (SSSR count).